The van der Waals surface area contributed by atoms with Crippen LogP contribution in [0.25, 0.3) is 0 Å². The largest absolute Gasteiger partial charge is 0.376 e. The van der Waals surface area contributed by atoms with Crippen molar-refractivity contribution in [3.8, 4) is 0 Å². The van der Waals surface area contributed by atoms with Gasteiger partial charge in [-0.3, -0.25) is 0 Å². The molecular weight excluding hydrogens is 234 g/mol. The predicted molar refractivity (Wildman–Crippen MR) is 83.5 cm³/mol. The van der Waals surface area contributed by atoms with Crippen molar-refractivity contribution in [1.29, 1.82) is 0 Å². The van der Waals surface area contributed by atoms with Gasteiger partial charge < -0.3 is 10.1 Å². The molecule has 0 saturated carbocycles. The first kappa shape index (κ1) is 16.7. The van der Waals surface area contributed by atoms with Crippen molar-refractivity contribution < 1.29 is 4.74 Å². The summed E-state index contributed by atoms with van der Waals surface area (Å²) >= 11 is 0. The van der Waals surface area contributed by atoms with E-state index in [0.717, 1.165) is 13.2 Å². The standard InChI is InChI=1S/C17H33NO/c1-6-13-18-15(14-11-9-8-10-12-14)16(19-7-2)17(3,4)5/h11,15-16,18H,6-10,12-13H2,1-5H3. The molecule has 0 saturated heterocycles. The lowest BCUT2D eigenvalue weighted by Gasteiger charge is -2.39. The number of hydrogen-bond acceptors (Lipinski definition) is 2. The third kappa shape index (κ3) is 5.27. The molecule has 1 aliphatic rings. The molecule has 2 nitrogen and oxygen atoms in total. The van der Waals surface area contributed by atoms with Gasteiger partial charge in [0.25, 0.3) is 0 Å². The van der Waals surface area contributed by atoms with Crippen LogP contribution in [0.4, 0.5) is 0 Å². The van der Waals surface area contributed by atoms with E-state index < -0.39 is 0 Å². The van der Waals surface area contributed by atoms with E-state index in [1.54, 1.807) is 5.57 Å². The topological polar surface area (TPSA) is 21.3 Å². The van der Waals surface area contributed by atoms with Crippen LogP contribution in [0, 0.1) is 5.41 Å². The van der Waals surface area contributed by atoms with E-state index >= 15 is 0 Å². The number of rotatable bonds is 7. The van der Waals surface area contributed by atoms with Gasteiger partial charge >= 0.3 is 0 Å². The molecule has 2 heteroatoms. The highest BCUT2D eigenvalue weighted by molar-refractivity contribution is 5.17. The molecule has 2 unspecified atom stereocenters. The van der Waals surface area contributed by atoms with Gasteiger partial charge in [-0.25, -0.2) is 0 Å². The van der Waals surface area contributed by atoms with Crippen LogP contribution in [0.2, 0.25) is 0 Å². The van der Waals surface area contributed by atoms with Crippen LogP contribution >= 0.6 is 0 Å². The molecule has 0 aromatic rings. The van der Waals surface area contributed by atoms with E-state index in [4.69, 9.17) is 4.74 Å². The summed E-state index contributed by atoms with van der Waals surface area (Å²) in [6.45, 7) is 13.1. The molecule has 112 valence electrons. The molecule has 0 radical (unpaired) electrons. The number of ether oxygens (including phenoxy) is 1. The van der Waals surface area contributed by atoms with E-state index in [0.29, 0.717) is 6.04 Å². The summed E-state index contributed by atoms with van der Waals surface area (Å²) in [5, 5.41) is 3.74. The normalized spacial score (nSPS) is 19.9. The molecular formula is C17H33NO. The summed E-state index contributed by atoms with van der Waals surface area (Å²) < 4.78 is 6.12. The third-order valence-electron chi connectivity index (χ3n) is 3.84. The highest BCUT2D eigenvalue weighted by Crippen LogP contribution is 2.31. The highest BCUT2D eigenvalue weighted by atomic mass is 16.5. The Balaban J connectivity index is 2.88. The van der Waals surface area contributed by atoms with Gasteiger partial charge in [0.15, 0.2) is 0 Å². The number of hydrogen-bond donors (Lipinski definition) is 1. The number of allylic oxidation sites excluding steroid dienone is 1. The Kier molecular flexibility index (Phi) is 7.09. The SMILES string of the molecule is CCCNC(C1=CCCCC1)C(OCC)C(C)(C)C. The van der Waals surface area contributed by atoms with Crippen LogP contribution in [0.1, 0.15) is 66.7 Å². The fourth-order valence-corrected chi connectivity index (χ4v) is 2.90. The molecule has 1 aliphatic carbocycles. The van der Waals surface area contributed by atoms with Crippen molar-refractivity contribution in [1.82, 2.24) is 5.32 Å². The molecule has 0 aromatic carbocycles. The smallest absolute Gasteiger partial charge is 0.0814 e. The monoisotopic (exact) mass is 267 g/mol. The second-order valence-electron chi connectivity index (χ2n) is 6.70. The van der Waals surface area contributed by atoms with Crippen molar-refractivity contribution in [2.24, 2.45) is 5.41 Å². The fourth-order valence-electron chi connectivity index (χ4n) is 2.90. The maximum atomic E-state index is 6.12. The van der Waals surface area contributed by atoms with Crippen molar-refractivity contribution in [2.45, 2.75) is 78.9 Å². The third-order valence-corrected chi connectivity index (χ3v) is 3.84. The molecule has 0 spiro atoms. The summed E-state index contributed by atoms with van der Waals surface area (Å²) in [5.74, 6) is 0. The average molecular weight is 267 g/mol. The molecule has 0 aromatic heterocycles. The Morgan fingerprint density at radius 1 is 1.26 bits per heavy atom. The minimum Gasteiger partial charge on any atom is -0.376 e. The van der Waals surface area contributed by atoms with Crippen molar-refractivity contribution >= 4 is 0 Å². The van der Waals surface area contributed by atoms with Gasteiger partial charge in [0.05, 0.1) is 12.1 Å². The quantitative estimate of drug-likeness (QED) is 0.694. The lowest BCUT2D eigenvalue weighted by Crippen LogP contribution is -2.49. The fraction of sp³-hybridized carbons (Fsp3) is 0.882. The van der Waals surface area contributed by atoms with Crippen LogP contribution in [0.15, 0.2) is 11.6 Å². The van der Waals surface area contributed by atoms with E-state index in [1.165, 1.54) is 32.1 Å². The summed E-state index contributed by atoms with van der Waals surface area (Å²) in [6, 6.07) is 0.389. The maximum Gasteiger partial charge on any atom is 0.0814 e. The molecule has 0 bridgehead atoms. The Morgan fingerprint density at radius 2 is 2.00 bits per heavy atom. The summed E-state index contributed by atoms with van der Waals surface area (Å²) in [6.07, 6.45) is 9.04. The maximum absolute atomic E-state index is 6.12. The van der Waals surface area contributed by atoms with Crippen molar-refractivity contribution in [2.75, 3.05) is 13.2 Å². The minimum atomic E-state index is 0.166. The Bertz CT molecular complexity index is 277. The van der Waals surface area contributed by atoms with E-state index in [1.807, 2.05) is 0 Å². The van der Waals surface area contributed by atoms with Gasteiger partial charge in [-0.2, -0.15) is 0 Å². The lowest BCUT2D eigenvalue weighted by atomic mass is 9.79. The molecule has 2 atom stereocenters. The van der Waals surface area contributed by atoms with Gasteiger partial charge in [0.2, 0.25) is 0 Å². The second kappa shape index (κ2) is 8.06. The molecule has 0 fully saturated rings. The van der Waals surface area contributed by atoms with Crippen molar-refractivity contribution in [3.63, 3.8) is 0 Å². The summed E-state index contributed by atoms with van der Waals surface area (Å²) in [4.78, 5) is 0. The summed E-state index contributed by atoms with van der Waals surface area (Å²) in [7, 11) is 0. The molecule has 0 heterocycles. The first-order valence-electron chi connectivity index (χ1n) is 8.04. The highest BCUT2D eigenvalue weighted by Gasteiger charge is 2.34. The Morgan fingerprint density at radius 3 is 2.47 bits per heavy atom. The van der Waals surface area contributed by atoms with Gasteiger partial charge in [0.1, 0.15) is 0 Å². The van der Waals surface area contributed by atoms with E-state index in [-0.39, 0.29) is 11.5 Å². The zero-order valence-electron chi connectivity index (χ0n) is 13.6. The van der Waals surface area contributed by atoms with Gasteiger partial charge in [-0.05, 0) is 51.0 Å². The lowest BCUT2D eigenvalue weighted by molar-refractivity contribution is -0.0287. The van der Waals surface area contributed by atoms with Gasteiger partial charge in [-0.1, -0.05) is 39.3 Å². The van der Waals surface area contributed by atoms with Crippen molar-refractivity contribution in [3.05, 3.63) is 11.6 Å². The van der Waals surface area contributed by atoms with Crippen LogP contribution in [0.5, 0.6) is 0 Å². The van der Waals surface area contributed by atoms with Crippen LogP contribution < -0.4 is 5.32 Å². The predicted octanol–water partition coefficient (Wildman–Crippen LogP) is 4.31. The first-order valence-corrected chi connectivity index (χ1v) is 8.04. The minimum absolute atomic E-state index is 0.166. The summed E-state index contributed by atoms with van der Waals surface area (Å²) in [5.41, 5.74) is 1.74. The average Bonchev–Trinajstić information content (AvgIpc) is 2.38. The molecule has 1 N–H and O–H groups in total. The molecule has 0 amide bonds. The molecule has 19 heavy (non-hydrogen) atoms. The van der Waals surface area contributed by atoms with E-state index in [2.05, 4.69) is 46.0 Å². The van der Waals surface area contributed by atoms with E-state index in [9.17, 15) is 0 Å². The second-order valence-corrected chi connectivity index (χ2v) is 6.70. The Labute approximate surface area is 120 Å². The first-order chi connectivity index (χ1) is 9.00. The number of nitrogens with one attached hydrogen (secondary N) is 1. The zero-order valence-corrected chi connectivity index (χ0v) is 13.6. The van der Waals surface area contributed by atoms with Gasteiger partial charge in [0, 0.05) is 6.61 Å². The Hall–Kier alpha value is -0.340. The molecule has 0 aliphatic heterocycles. The van der Waals surface area contributed by atoms with Crippen LogP contribution in [0.3, 0.4) is 0 Å². The van der Waals surface area contributed by atoms with Gasteiger partial charge in [-0.15, -0.1) is 0 Å². The van der Waals surface area contributed by atoms with Crippen LogP contribution in [-0.4, -0.2) is 25.3 Å². The zero-order chi connectivity index (χ0) is 14.3. The van der Waals surface area contributed by atoms with Crippen LogP contribution in [-0.2, 0) is 4.74 Å². The molecule has 1 rings (SSSR count).